The fraction of sp³-hybridized carbons (Fsp3) is 0.417. The molecule has 1 N–H and O–H groups in total. The summed E-state index contributed by atoms with van der Waals surface area (Å²) in [7, 11) is 0. The Morgan fingerprint density at radius 2 is 1.70 bits per heavy atom. The van der Waals surface area contributed by atoms with Crippen LogP contribution in [-0.4, -0.2) is 16.3 Å². The van der Waals surface area contributed by atoms with Gasteiger partial charge in [-0.3, -0.25) is 4.79 Å². The standard InChI is InChI=1S/C24H30N2O/c1-23(2,3)14-21(27)16-9-7-11-18-19-12-8-10-17(15-25-24(4,5)6)22(19)26-20(18)13-16/h7-13,25H,14-15H2,1-6H3. The maximum absolute atomic E-state index is 12.7. The van der Waals surface area contributed by atoms with E-state index >= 15 is 0 Å². The third-order valence-corrected chi connectivity index (χ3v) is 4.57. The summed E-state index contributed by atoms with van der Waals surface area (Å²) in [6.07, 6.45) is 0.527. The van der Waals surface area contributed by atoms with Gasteiger partial charge >= 0.3 is 0 Å². The summed E-state index contributed by atoms with van der Waals surface area (Å²) >= 11 is 0. The molecule has 2 aliphatic rings. The highest BCUT2D eigenvalue weighted by Gasteiger charge is 2.20. The van der Waals surface area contributed by atoms with Gasteiger partial charge in [-0.2, -0.15) is 0 Å². The quantitative estimate of drug-likeness (QED) is 0.592. The van der Waals surface area contributed by atoms with Crippen LogP contribution in [0.4, 0.5) is 0 Å². The lowest BCUT2D eigenvalue weighted by Crippen LogP contribution is -2.35. The van der Waals surface area contributed by atoms with E-state index in [2.05, 4.69) is 71.1 Å². The first-order valence-electron chi connectivity index (χ1n) is 9.63. The average Bonchev–Trinajstić information content (AvgIpc) is 2.74. The first-order valence-corrected chi connectivity index (χ1v) is 9.63. The number of carbonyl (C=O) groups is 1. The van der Waals surface area contributed by atoms with Crippen LogP contribution in [0.2, 0.25) is 0 Å². The zero-order valence-electron chi connectivity index (χ0n) is 17.3. The van der Waals surface area contributed by atoms with Crippen molar-refractivity contribution in [2.24, 2.45) is 5.41 Å². The van der Waals surface area contributed by atoms with Crippen LogP contribution >= 0.6 is 0 Å². The first kappa shape index (κ1) is 19.5. The van der Waals surface area contributed by atoms with Crippen LogP contribution in [0, 0.1) is 5.41 Å². The van der Waals surface area contributed by atoms with Gasteiger partial charge in [0.1, 0.15) is 0 Å². The lowest BCUT2D eigenvalue weighted by molar-refractivity contribution is 0.0940. The SMILES string of the molecule is CC(C)(C)CC(=O)c1cccc2c3cccc(CNC(C)(C)C)c3nc-2c1. The third kappa shape index (κ3) is 4.72. The van der Waals surface area contributed by atoms with Crippen molar-refractivity contribution in [1.29, 1.82) is 0 Å². The predicted octanol–water partition coefficient (Wildman–Crippen LogP) is 5.85. The number of ketones is 1. The predicted molar refractivity (Wildman–Crippen MR) is 113 cm³/mol. The Hall–Kier alpha value is -2.26. The molecule has 0 saturated carbocycles. The molecule has 27 heavy (non-hydrogen) atoms. The number of hydrogen-bond acceptors (Lipinski definition) is 3. The average molecular weight is 363 g/mol. The maximum Gasteiger partial charge on any atom is 0.163 e. The molecule has 1 heterocycles. The summed E-state index contributed by atoms with van der Waals surface area (Å²) < 4.78 is 0. The zero-order valence-corrected chi connectivity index (χ0v) is 17.3. The Bertz CT molecular complexity index is 945. The Morgan fingerprint density at radius 1 is 1.00 bits per heavy atom. The van der Waals surface area contributed by atoms with Gasteiger partial charge in [-0.1, -0.05) is 57.2 Å². The lowest BCUT2D eigenvalue weighted by Gasteiger charge is -2.20. The number of carbonyl (C=O) groups excluding carboxylic acids is 1. The van der Waals surface area contributed by atoms with Gasteiger partial charge in [0.25, 0.3) is 0 Å². The van der Waals surface area contributed by atoms with E-state index in [4.69, 9.17) is 4.98 Å². The molecule has 3 rings (SSSR count). The summed E-state index contributed by atoms with van der Waals surface area (Å²) in [5.41, 5.74) is 4.94. The van der Waals surface area contributed by atoms with Gasteiger partial charge in [0.2, 0.25) is 0 Å². The van der Waals surface area contributed by atoms with E-state index in [0.717, 1.165) is 34.3 Å². The smallest absolute Gasteiger partial charge is 0.163 e. The highest BCUT2D eigenvalue weighted by atomic mass is 16.1. The number of para-hydroxylation sites is 1. The number of benzene rings is 1. The van der Waals surface area contributed by atoms with E-state index in [1.807, 2.05) is 18.2 Å². The van der Waals surface area contributed by atoms with Crippen molar-refractivity contribution in [3.8, 4) is 11.3 Å². The number of fused-ring (bicyclic) bond motifs is 3. The topological polar surface area (TPSA) is 42.0 Å². The van der Waals surface area contributed by atoms with Gasteiger partial charge in [-0.15, -0.1) is 0 Å². The molecule has 0 aromatic heterocycles. The fourth-order valence-corrected chi connectivity index (χ4v) is 3.25. The van der Waals surface area contributed by atoms with Crippen molar-refractivity contribution in [2.45, 2.75) is 60.0 Å². The molecule has 0 spiro atoms. The van der Waals surface area contributed by atoms with Crippen LogP contribution < -0.4 is 5.32 Å². The molecule has 142 valence electrons. The lowest BCUT2D eigenvalue weighted by atomic mass is 9.88. The summed E-state index contributed by atoms with van der Waals surface area (Å²) in [5.74, 6) is 0.168. The molecular weight excluding hydrogens is 332 g/mol. The van der Waals surface area contributed by atoms with Crippen molar-refractivity contribution in [3.05, 3.63) is 53.6 Å². The van der Waals surface area contributed by atoms with Crippen LogP contribution in [0.1, 0.15) is 63.9 Å². The monoisotopic (exact) mass is 362 g/mol. The molecule has 1 aromatic rings. The zero-order chi connectivity index (χ0) is 19.8. The number of aromatic nitrogens is 1. The van der Waals surface area contributed by atoms with E-state index < -0.39 is 0 Å². The molecule has 3 heteroatoms. The number of nitrogens with one attached hydrogen (secondary N) is 1. The van der Waals surface area contributed by atoms with E-state index in [-0.39, 0.29) is 16.7 Å². The first-order chi connectivity index (χ1) is 12.5. The largest absolute Gasteiger partial charge is 0.308 e. The molecule has 0 radical (unpaired) electrons. The molecule has 0 unspecified atom stereocenters. The van der Waals surface area contributed by atoms with Crippen molar-refractivity contribution >= 4 is 16.7 Å². The van der Waals surface area contributed by atoms with Crippen LogP contribution in [0.25, 0.3) is 22.2 Å². The van der Waals surface area contributed by atoms with Crippen molar-refractivity contribution in [3.63, 3.8) is 0 Å². The van der Waals surface area contributed by atoms with Gasteiger partial charge in [0.15, 0.2) is 5.78 Å². The van der Waals surface area contributed by atoms with Crippen LogP contribution in [-0.2, 0) is 6.54 Å². The van der Waals surface area contributed by atoms with Gasteiger partial charge in [0, 0.05) is 35.0 Å². The summed E-state index contributed by atoms with van der Waals surface area (Å²) in [6.45, 7) is 13.5. The molecule has 0 atom stereocenters. The van der Waals surface area contributed by atoms with Gasteiger partial charge < -0.3 is 5.32 Å². The van der Waals surface area contributed by atoms with E-state index in [9.17, 15) is 4.79 Å². The Kier molecular flexibility index (Phi) is 5.09. The number of rotatable bonds is 4. The maximum atomic E-state index is 12.7. The second-order valence-electron chi connectivity index (χ2n) is 9.61. The molecule has 0 amide bonds. The van der Waals surface area contributed by atoms with Crippen LogP contribution in [0.15, 0.2) is 42.5 Å². The fourth-order valence-electron chi connectivity index (χ4n) is 3.25. The minimum atomic E-state index is -0.0272. The molecule has 1 aromatic carbocycles. The van der Waals surface area contributed by atoms with Crippen LogP contribution in [0.5, 0.6) is 0 Å². The molecule has 3 nitrogen and oxygen atoms in total. The molecule has 0 saturated heterocycles. The molecular formula is C24H30N2O. The van der Waals surface area contributed by atoms with Crippen molar-refractivity contribution in [2.75, 3.05) is 0 Å². The number of Topliss-reactive ketones (excluding diaryl/α,β-unsaturated/α-hetero) is 1. The minimum Gasteiger partial charge on any atom is -0.308 e. The van der Waals surface area contributed by atoms with Crippen molar-refractivity contribution < 1.29 is 4.79 Å². The number of nitrogens with zero attached hydrogens (tertiary/aromatic N) is 1. The van der Waals surface area contributed by atoms with E-state index in [1.165, 1.54) is 5.56 Å². The molecule has 1 aliphatic heterocycles. The summed E-state index contributed by atoms with van der Waals surface area (Å²) in [6, 6.07) is 14.2. The highest BCUT2D eigenvalue weighted by Crippen LogP contribution is 2.33. The Labute approximate surface area is 162 Å². The molecule has 0 fully saturated rings. The van der Waals surface area contributed by atoms with Gasteiger partial charge in [0.05, 0.1) is 11.2 Å². The minimum absolute atomic E-state index is 0.0272. The highest BCUT2D eigenvalue weighted by molar-refractivity contribution is 6.02. The second-order valence-corrected chi connectivity index (χ2v) is 9.61. The summed E-state index contributed by atoms with van der Waals surface area (Å²) in [4.78, 5) is 17.6. The molecule has 0 bridgehead atoms. The normalized spacial score (nSPS) is 12.7. The van der Waals surface area contributed by atoms with E-state index in [0.29, 0.717) is 6.42 Å². The third-order valence-electron chi connectivity index (χ3n) is 4.57. The van der Waals surface area contributed by atoms with E-state index in [1.54, 1.807) is 0 Å². The number of hydrogen-bond donors (Lipinski definition) is 1. The Balaban J connectivity index is 2.04. The Morgan fingerprint density at radius 3 is 2.37 bits per heavy atom. The van der Waals surface area contributed by atoms with Gasteiger partial charge in [-0.25, -0.2) is 4.98 Å². The van der Waals surface area contributed by atoms with Crippen LogP contribution in [0.3, 0.4) is 0 Å². The second kappa shape index (κ2) is 7.05. The van der Waals surface area contributed by atoms with Crippen molar-refractivity contribution in [1.82, 2.24) is 10.3 Å². The summed E-state index contributed by atoms with van der Waals surface area (Å²) in [5, 5.41) is 4.68. The molecule has 1 aliphatic carbocycles. The van der Waals surface area contributed by atoms with Gasteiger partial charge in [-0.05, 0) is 37.8 Å².